The van der Waals surface area contributed by atoms with Gasteiger partial charge < -0.3 is 10.1 Å². The third-order valence-electron chi connectivity index (χ3n) is 2.16. The zero-order valence-electron chi connectivity index (χ0n) is 7.51. The lowest BCUT2D eigenvalue weighted by Gasteiger charge is -2.07. The molecule has 0 bridgehead atoms. The Hall–Kier alpha value is -0.730. The topological polar surface area (TPSA) is 21.3 Å². The molecule has 1 aliphatic heterocycles. The van der Waals surface area contributed by atoms with Crippen LogP contribution in [0.25, 0.3) is 0 Å². The van der Waals surface area contributed by atoms with Crippen molar-refractivity contribution in [3.63, 3.8) is 0 Å². The number of benzene rings is 1. The molecule has 0 radical (unpaired) electrons. The first-order valence-corrected chi connectivity index (χ1v) is 4.78. The van der Waals surface area contributed by atoms with Crippen LogP contribution in [-0.4, -0.2) is 12.6 Å². The predicted octanol–water partition coefficient (Wildman–Crippen LogP) is 2.21. The predicted molar refractivity (Wildman–Crippen MR) is 53.2 cm³/mol. The standard InChI is InChI=1S/C10H12ClNO/c1-7-6-13-10-4-9(11)3-2-8(10)5-12-7/h2-4,7,12H,5-6H2,1H3. The van der Waals surface area contributed by atoms with Gasteiger partial charge in [0, 0.05) is 23.2 Å². The lowest BCUT2D eigenvalue weighted by atomic mass is 10.2. The van der Waals surface area contributed by atoms with Crippen LogP contribution in [0.1, 0.15) is 12.5 Å². The Labute approximate surface area is 82.9 Å². The largest absolute Gasteiger partial charge is 0.492 e. The van der Waals surface area contributed by atoms with Gasteiger partial charge in [-0.05, 0) is 19.1 Å². The third kappa shape index (κ3) is 1.95. The first-order chi connectivity index (χ1) is 6.25. The number of nitrogens with one attached hydrogen (secondary N) is 1. The Balaban J connectivity index is 2.30. The fourth-order valence-corrected chi connectivity index (χ4v) is 1.53. The van der Waals surface area contributed by atoms with Crippen molar-refractivity contribution in [1.29, 1.82) is 0 Å². The molecular formula is C10H12ClNO. The molecule has 70 valence electrons. The van der Waals surface area contributed by atoms with Crippen LogP contribution in [0, 0.1) is 0 Å². The van der Waals surface area contributed by atoms with E-state index in [1.807, 2.05) is 18.2 Å². The van der Waals surface area contributed by atoms with Crippen molar-refractivity contribution in [3.05, 3.63) is 28.8 Å². The molecule has 1 aromatic carbocycles. The highest BCUT2D eigenvalue weighted by Gasteiger charge is 2.12. The summed E-state index contributed by atoms with van der Waals surface area (Å²) >= 11 is 5.87. The van der Waals surface area contributed by atoms with Crippen molar-refractivity contribution in [1.82, 2.24) is 5.32 Å². The zero-order chi connectivity index (χ0) is 9.26. The van der Waals surface area contributed by atoms with Crippen molar-refractivity contribution in [2.75, 3.05) is 6.61 Å². The molecule has 0 aliphatic carbocycles. The van der Waals surface area contributed by atoms with Gasteiger partial charge in [-0.25, -0.2) is 0 Å². The van der Waals surface area contributed by atoms with Crippen LogP contribution in [0.5, 0.6) is 5.75 Å². The fourth-order valence-electron chi connectivity index (χ4n) is 1.37. The molecule has 0 saturated heterocycles. The first kappa shape index (κ1) is 8.85. The van der Waals surface area contributed by atoms with E-state index in [9.17, 15) is 0 Å². The Morgan fingerprint density at radius 3 is 3.23 bits per heavy atom. The second kappa shape index (κ2) is 3.56. The minimum atomic E-state index is 0.395. The SMILES string of the molecule is CC1COc2cc(Cl)ccc2CN1. The van der Waals surface area contributed by atoms with Gasteiger partial charge in [-0.15, -0.1) is 0 Å². The Kier molecular flexibility index (Phi) is 2.42. The van der Waals surface area contributed by atoms with E-state index in [0.29, 0.717) is 12.6 Å². The maximum absolute atomic E-state index is 5.87. The quantitative estimate of drug-likeness (QED) is 0.689. The van der Waals surface area contributed by atoms with Crippen molar-refractivity contribution in [3.8, 4) is 5.75 Å². The summed E-state index contributed by atoms with van der Waals surface area (Å²) in [6.07, 6.45) is 0. The van der Waals surface area contributed by atoms with E-state index in [1.165, 1.54) is 5.56 Å². The highest BCUT2D eigenvalue weighted by Crippen LogP contribution is 2.24. The van der Waals surface area contributed by atoms with Crippen LogP contribution in [0.4, 0.5) is 0 Å². The summed E-state index contributed by atoms with van der Waals surface area (Å²) in [5, 5.41) is 4.08. The van der Waals surface area contributed by atoms with Gasteiger partial charge >= 0.3 is 0 Å². The average molecular weight is 198 g/mol. The van der Waals surface area contributed by atoms with Gasteiger partial charge in [0.1, 0.15) is 12.4 Å². The van der Waals surface area contributed by atoms with E-state index in [0.717, 1.165) is 17.3 Å². The van der Waals surface area contributed by atoms with Gasteiger partial charge in [0.15, 0.2) is 0 Å². The lowest BCUT2D eigenvalue weighted by molar-refractivity contribution is 0.287. The number of fused-ring (bicyclic) bond motifs is 1. The van der Waals surface area contributed by atoms with Crippen LogP contribution >= 0.6 is 11.6 Å². The molecule has 1 unspecified atom stereocenters. The molecule has 2 nitrogen and oxygen atoms in total. The third-order valence-corrected chi connectivity index (χ3v) is 2.39. The summed E-state index contributed by atoms with van der Waals surface area (Å²) in [6, 6.07) is 6.16. The van der Waals surface area contributed by atoms with Gasteiger partial charge in [0.2, 0.25) is 0 Å². The van der Waals surface area contributed by atoms with Gasteiger partial charge in [-0.2, -0.15) is 0 Å². The lowest BCUT2D eigenvalue weighted by Crippen LogP contribution is -2.28. The van der Waals surface area contributed by atoms with Crippen LogP contribution in [0.15, 0.2) is 18.2 Å². The molecule has 1 atom stereocenters. The second-order valence-corrected chi connectivity index (χ2v) is 3.78. The minimum absolute atomic E-state index is 0.395. The number of halogens is 1. The molecule has 0 saturated carbocycles. The number of hydrogen-bond acceptors (Lipinski definition) is 2. The molecular weight excluding hydrogens is 186 g/mol. The van der Waals surface area contributed by atoms with Gasteiger partial charge in [0.05, 0.1) is 0 Å². The summed E-state index contributed by atoms with van der Waals surface area (Å²) < 4.78 is 5.59. The maximum Gasteiger partial charge on any atom is 0.125 e. The normalized spacial score (nSPS) is 21.5. The van der Waals surface area contributed by atoms with E-state index < -0.39 is 0 Å². The van der Waals surface area contributed by atoms with Gasteiger partial charge in [-0.1, -0.05) is 17.7 Å². The van der Waals surface area contributed by atoms with Crippen LogP contribution in [-0.2, 0) is 6.54 Å². The Morgan fingerprint density at radius 2 is 2.38 bits per heavy atom. The molecule has 3 heteroatoms. The van der Waals surface area contributed by atoms with Gasteiger partial charge in [0.25, 0.3) is 0 Å². The molecule has 0 spiro atoms. The highest BCUT2D eigenvalue weighted by atomic mass is 35.5. The van der Waals surface area contributed by atoms with E-state index in [1.54, 1.807) is 0 Å². The molecule has 1 N–H and O–H groups in total. The first-order valence-electron chi connectivity index (χ1n) is 4.40. The number of ether oxygens (including phenoxy) is 1. The van der Waals surface area contributed by atoms with Crippen molar-refractivity contribution >= 4 is 11.6 Å². The summed E-state index contributed by atoms with van der Waals surface area (Å²) in [5.74, 6) is 0.907. The molecule has 13 heavy (non-hydrogen) atoms. The average Bonchev–Trinajstić information content (AvgIpc) is 2.29. The molecule has 1 aliphatic rings. The van der Waals surface area contributed by atoms with Crippen molar-refractivity contribution in [2.24, 2.45) is 0 Å². The number of hydrogen-bond donors (Lipinski definition) is 1. The molecule has 1 aromatic rings. The smallest absolute Gasteiger partial charge is 0.125 e. The second-order valence-electron chi connectivity index (χ2n) is 3.34. The fraction of sp³-hybridized carbons (Fsp3) is 0.400. The number of rotatable bonds is 0. The monoisotopic (exact) mass is 197 g/mol. The summed E-state index contributed by atoms with van der Waals surface area (Å²) in [7, 11) is 0. The summed E-state index contributed by atoms with van der Waals surface area (Å²) in [6.45, 7) is 3.66. The van der Waals surface area contributed by atoms with Crippen LogP contribution in [0.3, 0.4) is 0 Å². The molecule has 0 amide bonds. The molecule has 2 rings (SSSR count). The van der Waals surface area contributed by atoms with Crippen molar-refractivity contribution in [2.45, 2.75) is 19.5 Å². The van der Waals surface area contributed by atoms with E-state index in [4.69, 9.17) is 16.3 Å². The zero-order valence-corrected chi connectivity index (χ0v) is 8.27. The van der Waals surface area contributed by atoms with E-state index in [-0.39, 0.29) is 0 Å². The molecule has 0 fully saturated rings. The summed E-state index contributed by atoms with van der Waals surface area (Å²) in [4.78, 5) is 0. The minimum Gasteiger partial charge on any atom is -0.492 e. The maximum atomic E-state index is 5.87. The highest BCUT2D eigenvalue weighted by molar-refractivity contribution is 6.30. The van der Waals surface area contributed by atoms with E-state index in [2.05, 4.69) is 12.2 Å². The molecule has 0 aromatic heterocycles. The Morgan fingerprint density at radius 1 is 1.54 bits per heavy atom. The summed E-state index contributed by atoms with van der Waals surface area (Å²) in [5.41, 5.74) is 1.17. The van der Waals surface area contributed by atoms with Crippen LogP contribution < -0.4 is 10.1 Å². The van der Waals surface area contributed by atoms with E-state index >= 15 is 0 Å². The molecule has 1 heterocycles. The van der Waals surface area contributed by atoms with Crippen LogP contribution in [0.2, 0.25) is 5.02 Å². The Bertz CT molecular complexity index is 314. The van der Waals surface area contributed by atoms with Crippen molar-refractivity contribution < 1.29 is 4.74 Å². The van der Waals surface area contributed by atoms with Gasteiger partial charge in [-0.3, -0.25) is 0 Å².